The molecule has 0 radical (unpaired) electrons. The molecule has 21 heavy (non-hydrogen) atoms. The van der Waals surface area contributed by atoms with E-state index in [2.05, 4.69) is 5.32 Å². The van der Waals surface area contributed by atoms with E-state index in [1.807, 2.05) is 6.92 Å². The smallest absolute Gasteiger partial charge is 0.137 e. The number of hydrogen-bond acceptors (Lipinski definition) is 2. The molecule has 0 unspecified atom stereocenters. The summed E-state index contributed by atoms with van der Waals surface area (Å²) in [6, 6.07) is 7.37. The van der Waals surface area contributed by atoms with Crippen LogP contribution in [0, 0.1) is 11.6 Å². The van der Waals surface area contributed by atoms with Crippen LogP contribution in [0.2, 0.25) is 5.02 Å². The van der Waals surface area contributed by atoms with Crippen LogP contribution in [0.5, 0.6) is 5.75 Å². The Kier molecular flexibility index (Phi) is 5.15. The molecule has 0 saturated carbocycles. The highest BCUT2D eigenvalue weighted by Gasteiger charge is 2.17. The Balaban J connectivity index is 2.57. The normalized spacial score (nSPS) is 10.7. The van der Waals surface area contributed by atoms with E-state index in [1.54, 1.807) is 18.2 Å². The number of methoxy groups -OCH3 is 1. The van der Waals surface area contributed by atoms with Crippen LogP contribution in [0.1, 0.15) is 12.5 Å². The van der Waals surface area contributed by atoms with E-state index < -0.39 is 11.6 Å². The van der Waals surface area contributed by atoms with Gasteiger partial charge >= 0.3 is 0 Å². The van der Waals surface area contributed by atoms with Gasteiger partial charge in [-0.15, -0.1) is 0 Å². The Morgan fingerprint density at radius 3 is 2.38 bits per heavy atom. The van der Waals surface area contributed by atoms with Gasteiger partial charge in [0.1, 0.15) is 17.4 Å². The van der Waals surface area contributed by atoms with Gasteiger partial charge in [0, 0.05) is 23.7 Å². The number of rotatable bonds is 5. The molecule has 2 nitrogen and oxygen atoms in total. The SMILES string of the molecule is CCNCc1ccc(Cl)cc1-c1c(F)cc(OC)cc1F. The molecule has 0 atom stereocenters. The van der Waals surface area contributed by atoms with Crippen molar-refractivity contribution in [3.8, 4) is 16.9 Å². The van der Waals surface area contributed by atoms with Crippen molar-refractivity contribution in [2.45, 2.75) is 13.5 Å². The highest BCUT2D eigenvalue weighted by molar-refractivity contribution is 6.30. The molecule has 0 aromatic heterocycles. The third kappa shape index (κ3) is 3.52. The molecule has 0 spiro atoms. The van der Waals surface area contributed by atoms with Crippen molar-refractivity contribution < 1.29 is 13.5 Å². The monoisotopic (exact) mass is 311 g/mol. The molecule has 2 aromatic carbocycles. The minimum absolute atomic E-state index is 0.0915. The molecule has 0 aliphatic rings. The van der Waals surface area contributed by atoms with Gasteiger partial charge in [0.05, 0.1) is 12.7 Å². The first kappa shape index (κ1) is 15.7. The van der Waals surface area contributed by atoms with Gasteiger partial charge in [0.25, 0.3) is 0 Å². The molecule has 2 rings (SSSR count). The molecule has 2 aromatic rings. The molecule has 0 fully saturated rings. The number of nitrogens with one attached hydrogen (secondary N) is 1. The van der Waals surface area contributed by atoms with E-state index in [4.69, 9.17) is 16.3 Å². The first-order valence-electron chi connectivity index (χ1n) is 6.59. The van der Waals surface area contributed by atoms with Crippen LogP contribution in [0.4, 0.5) is 8.78 Å². The average Bonchev–Trinajstić information content (AvgIpc) is 2.45. The van der Waals surface area contributed by atoms with Crippen molar-refractivity contribution >= 4 is 11.6 Å². The van der Waals surface area contributed by atoms with Crippen molar-refractivity contribution in [2.75, 3.05) is 13.7 Å². The van der Waals surface area contributed by atoms with Crippen molar-refractivity contribution in [2.24, 2.45) is 0 Å². The van der Waals surface area contributed by atoms with Gasteiger partial charge in [-0.1, -0.05) is 24.6 Å². The maximum Gasteiger partial charge on any atom is 0.137 e. The zero-order valence-corrected chi connectivity index (χ0v) is 12.6. The van der Waals surface area contributed by atoms with Gasteiger partial charge in [0.2, 0.25) is 0 Å². The lowest BCUT2D eigenvalue weighted by atomic mass is 9.98. The first-order chi connectivity index (χ1) is 10.1. The second-order valence-electron chi connectivity index (χ2n) is 4.55. The summed E-state index contributed by atoms with van der Waals surface area (Å²) in [4.78, 5) is 0. The van der Waals surface area contributed by atoms with Crippen LogP contribution < -0.4 is 10.1 Å². The van der Waals surface area contributed by atoms with Crippen LogP contribution in [-0.4, -0.2) is 13.7 Å². The quantitative estimate of drug-likeness (QED) is 0.883. The van der Waals surface area contributed by atoms with Gasteiger partial charge in [-0.2, -0.15) is 0 Å². The topological polar surface area (TPSA) is 21.3 Å². The lowest BCUT2D eigenvalue weighted by molar-refractivity contribution is 0.407. The summed E-state index contributed by atoms with van der Waals surface area (Å²) in [5.74, 6) is -1.21. The van der Waals surface area contributed by atoms with E-state index in [0.29, 0.717) is 17.1 Å². The van der Waals surface area contributed by atoms with Crippen LogP contribution in [0.25, 0.3) is 11.1 Å². The Morgan fingerprint density at radius 2 is 1.81 bits per heavy atom. The highest BCUT2D eigenvalue weighted by Crippen LogP contribution is 2.33. The zero-order chi connectivity index (χ0) is 15.4. The molecule has 0 aliphatic carbocycles. The molecule has 0 aliphatic heterocycles. The van der Waals surface area contributed by atoms with Crippen molar-refractivity contribution in [1.29, 1.82) is 0 Å². The summed E-state index contributed by atoms with van der Waals surface area (Å²) in [6.45, 7) is 3.23. The standard InChI is InChI=1S/C16H16ClF2NO/c1-3-20-9-10-4-5-11(17)6-13(10)16-14(18)7-12(21-2)8-15(16)19/h4-8,20H,3,9H2,1-2H3. The lowest BCUT2D eigenvalue weighted by Gasteiger charge is -2.13. The zero-order valence-electron chi connectivity index (χ0n) is 11.8. The van der Waals surface area contributed by atoms with Crippen LogP contribution in [0.3, 0.4) is 0 Å². The van der Waals surface area contributed by atoms with Crippen molar-refractivity contribution in [3.63, 3.8) is 0 Å². The fourth-order valence-electron chi connectivity index (χ4n) is 2.12. The second-order valence-corrected chi connectivity index (χ2v) is 4.98. The van der Waals surface area contributed by atoms with Crippen molar-refractivity contribution in [1.82, 2.24) is 5.32 Å². The summed E-state index contributed by atoms with van der Waals surface area (Å²) < 4.78 is 33.3. The van der Waals surface area contributed by atoms with Gasteiger partial charge in [-0.05, 0) is 29.8 Å². The van der Waals surface area contributed by atoms with Crippen molar-refractivity contribution in [3.05, 3.63) is 52.6 Å². The Labute approximate surface area is 127 Å². The average molecular weight is 312 g/mol. The molecule has 0 bridgehead atoms. The van der Waals surface area contributed by atoms with Gasteiger partial charge < -0.3 is 10.1 Å². The number of ether oxygens (including phenoxy) is 1. The van der Waals surface area contributed by atoms with E-state index in [1.165, 1.54) is 7.11 Å². The number of hydrogen-bond donors (Lipinski definition) is 1. The summed E-state index contributed by atoms with van der Waals surface area (Å²) in [5, 5.41) is 3.57. The largest absolute Gasteiger partial charge is 0.497 e. The second kappa shape index (κ2) is 6.87. The fraction of sp³-hybridized carbons (Fsp3) is 0.250. The predicted octanol–water partition coefficient (Wildman–Crippen LogP) is 4.40. The van der Waals surface area contributed by atoms with Gasteiger partial charge in [-0.25, -0.2) is 8.78 Å². The maximum atomic E-state index is 14.2. The van der Waals surface area contributed by atoms with Crippen LogP contribution in [-0.2, 0) is 6.54 Å². The fourth-order valence-corrected chi connectivity index (χ4v) is 2.29. The van der Waals surface area contributed by atoms with Crippen LogP contribution >= 0.6 is 11.6 Å². The summed E-state index contributed by atoms with van der Waals surface area (Å²) >= 11 is 5.97. The summed E-state index contributed by atoms with van der Waals surface area (Å²) in [7, 11) is 1.36. The lowest BCUT2D eigenvalue weighted by Crippen LogP contribution is -2.12. The number of benzene rings is 2. The van der Waals surface area contributed by atoms with E-state index in [-0.39, 0.29) is 11.3 Å². The Hall–Kier alpha value is -1.65. The molecule has 5 heteroatoms. The van der Waals surface area contributed by atoms with Gasteiger partial charge in [-0.3, -0.25) is 0 Å². The third-order valence-electron chi connectivity index (χ3n) is 3.16. The van der Waals surface area contributed by atoms with E-state index in [9.17, 15) is 8.78 Å². The first-order valence-corrected chi connectivity index (χ1v) is 6.97. The summed E-state index contributed by atoms with van der Waals surface area (Å²) in [5.41, 5.74) is 1.14. The Morgan fingerprint density at radius 1 is 1.14 bits per heavy atom. The molecule has 112 valence electrons. The maximum absolute atomic E-state index is 14.2. The van der Waals surface area contributed by atoms with Gasteiger partial charge in [0.15, 0.2) is 0 Å². The summed E-state index contributed by atoms with van der Waals surface area (Å²) in [6.07, 6.45) is 0. The van der Waals surface area contributed by atoms with Crippen LogP contribution in [0.15, 0.2) is 30.3 Å². The minimum Gasteiger partial charge on any atom is -0.497 e. The molecule has 0 amide bonds. The molecular weight excluding hydrogens is 296 g/mol. The van der Waals surface area contributed by atoms with E-state index in [0.717, 1.165) is 24.2 Å². The Bertz CT molecular complexity index is 623. The van der Waals surface area contributed by atoms with E-state index >= 15 is 0 Å². The molecular formula is C16H16ClF2NO. The third-order valence-corrected chi connectivity index (χ3v) is 3.39. The molecule has 1 N–H and O–H groups in total. The number of halogens is 3. The molecule has 0 heterocycles. The predicted molar refractivity (Wildman–Crippen MR) is 80.7 cm³/mol. The molecule has 0 saturated heterocycles. The highest BCUT2D eigenvalue weighted by atomic mass is 35.5. The minimum atomic E-state index is -0.674.